The molecule has 0 N–H and O–H groups in total. The number of aromatic nitrogens is 2. The van der Waals surface area contributed by atoms with E-state index in [2.05, 4.69) is 25.9 Å². The molecule has 0 saturated heterocycles. The van der Waals surface area contributed by atoms with Gasteiger partial charge in [0, 0.05) is 18.3 Å². The van der Waals surface area contributed by atoms with Crippen LogP contribution in [0.2, 0.25) is 0 Å². The lowest BCUT2D eigenvalue weighted by Gasteiger charge is -2.05. The zero-order chi connectivity index (χ0) is 10.0. The molecule has 74 valence electrons. The monoisotopic (exact) mass is 182 g/mol. The molecule has 0 saturated carbocycles. The van der Waals surface area contributed by atoms with E-state index in [1.54, 1.807) is 0 Å². The predicted molar refractivity (Wildman–Crippen MR) is 53.2 cm³/mol. The van der Waals surface area contributed by atoms with E-state index in [0.717, 1.165) is 5.88 Å². The van der Waals surface area contributed by atoms with Crippen LogP contribution >= 0.6 is 0 Å². The summed E-state index contributed by atoms with van der Waals surface area (Å²) < 4.78 is 7.32. The highest BCUT2D eigenvalue weighted by molar-refractivity contribution is 5.31. The summed E-state index contributed by atoms with van der Waals surface area (Å²) in [7, 11) is 1.96. The Morgan fingerprint density at radius 2 is 2.08 bits per heavy atom. The number of hydrogen-bond acceptors (Lipinski definition) is 2. The van der Waals surface area contributed by atoms with Crippen molar-refractivity contribution in [2.45, 2.75) is 33.6 Å². The van der Waals surface area contributed by atoms with Crippen LogP contribution in [0.1, 0.15) is 37.9 Å². The van der Waals surface area contributed by atoms with Gasteiger partial charge in [-0.15, -0.1) is 5.10 Å². The SMILES string of the molecule is CCOc1nn(C)c(C(C)C)c1C. The first-order valence-corrected chi connectivity index (χ1v) is 4.74. The van der Waals surface area contributed by atoms with Crippen molar-refractivity contribution < 1.29 is 4.74 Å². The van der Waals surface area contributed by atoms with Gasteiger partial charge in [0.25, 0.3) is 0 Å². The highest BCUT2D eigenvalue weighted by Gasteiger charge is 2.15. The maximum atomic E-state index is 5.42. The van der Waals surface area contributed by atoms with Crippen LogP contribution in [-0.2, 0) is 7.05 Å². The molecule has 1 rings (SSSR count). The molecule has 1 aromatic rings. The first kappa shape index (κ1) is 10.1. The summed E-state index contributed by atoms with van der Waals surface area (Å²) in [5, 5.41) is 4.32. The Balaban J connectivity index is 3.07. The lowest BCUT2D eigenvalue weighted by Crippen LogP contribution is -2.00. The third kappa shape index (κ3) is 1.85. The molecule has 3 nitrogen and oxygen atoms in total. The Morgan fingerprint density at radius 3 is 2.46 bits per heavy atom. The smallest absolute Gasteiger partial charge is 0.235 e. The first-order valence-electron chi connectivity index (χ1n) is 4.74. The molecule has 0 unspecified atom stereocenters. The van der Waals surface area contributed by atoms with E-state index in [1.807, 2.05) is 18.7 Å². The lowest BCUT2D eigenvalue weighted by atomic mass is 10.1. The molecule has 1 aromatic heterocycles. The molecular weight excluding hydrogens is 164 g/mol. The number of rotatable bonds is 3. The van der Waals surface area contributed by atoms with Crippen LogP contribution < -0.4 is 4.74 Å². The van der Waals surface area contributed by atoms with Gasteiger partial charge in [-0.25, -0.2) is 0 Å². The second-order valence-corrected chi connectivity index (χ2v) is 3.53. The first-order chi connectivity index (χ1) is 6.07. The molecule has 0 spiro atoms. The summed E-state index contributed by atoms with van der Waals surface area (Å²) in [6, 6.07) is 0. The fourth-order valence-corrected chi connectivity index (χ4v) is 1.70. The molecule has 0 fully saturated rings. The quantitative estimate of drug-likeness (QED) is 0.717. The lowest BCUT2D eigenvalue weighted by molar-refractivity contribution is 0.321. The Hall–Kier alpha value is -0.990. The molecule has 3 heteroatoms. The number of nitrogens with zero attached hydrogens (tertiary/aromatic N) is 2. The summed E-state index contributed by atoms with van der Waals surface area (Å²) in [4.78, 5) is 0. The molecule has 13 heavy (non-hydrogen) atoms. The van der Waals surface area contributed by atoms with Crippen LogP contribution in [0.15, 0.2) is 0 Å². The van der Waals surface area contributed by atoms with Crippen molar-refractivity contribution in [3.05, 3.63) is 11.3 Å². The number of ether oxygens (including phenoxy) is 1. The average Bonchev–Trinajstić information content (AvgIpc) is 2.28. The fraction of sp³-hybridized carbons (Fsp3) is 0.700. The Morgan fingerprint density at radius 1 is 1.46 bits per heavy atom. The van der Waals surface area contributed by atoms with Gasteiger partial charge < -0.3 is 4.74 Å². The third-order valence-electron chi connectivity index (χ3n) is 2.12. The minimum absolute atomic E-state index is 0.492. The Bertz CT molecular complexity index is 289. The van der Waals surface area contributed by atoms with E-state index in [-0.39, 0.29) is 0 Å². The van der Waals surface area contributed by atoms with Crippen molar-refractivity contribution in [2.75, 3.05) is 6.61 Å². The van der Waals surface area contributed by atoms with Crippen molar-refractivity contribution in [1.82, 2.24) is 9.78 Å². The van der Waals surface area contributed by atoms with Crippen LogP contribution in [-0.4, -0.2) is 16.4 Å². The van der Waals surface area contributed by atoms with Crippen molar-refractivity contribution in [1.29, 1.82) is 0 Å². The summed E-state index contributed by atoms with van der Waals surface area (Å²) >= 11 is 0. The van der Waals surface area contributed by atoms with Crippen molar-refractivity contribution in [2.24, 2.45) is 7.05 Å². The van der Waals surface area contributed by atoms with Gasteiger partial charge in [-0.05, 0) is 19.8 Å². The van der Waals surface area contributed by atoms with E-state index < -0.39 is 0 Å². The van der Waals surface area contributed by atoms with Crippen molar-refractivity contribution >= 4 is 0 Å². The normalized spacial score (nSPS) is 10.9. The molecule has 0 amide bonds. The molecule has 1 heterocycles. The van der Waals surface area contributed by atoms with E-state index in [0.29, 0.717) is 12.5 Å². The summed E-state index contributed by atoms with van der Waals surface area (Å²) in [6.45, 7) is 9.05. The second-order valence-electron chi connectivity index (χ2n) is 3.53. The second kappa shape index (κ2) is 3.81. The maximum absolute atomic E-state index is 5.42. The zero-order valence-corrected chi connectivity index (χ0v) is 9.09. The van der Waals surface area contributed by atoms with Crippen LogP contribution in [0.25, 0.3) is 0 Å². The number of hydrogen-bond donors (Lipinski definition) is 0. The fourth-order valence-electron chi connectivity index (χ4n) is 1.70. The van der Waals surface area contributed by atoms with Crippen LogP contribution in [0.4, 0.5) is 0 Å². The van der Waals surface area contributed by atoms with Gasteiger partial charge in [0.2, 0.25) is 5.88 Å². The standard InChI is InChI=1S/C10H18N2O/c1-6-13-10-8(4)9(7(2)3)12(5)11-10/h7H,6H2,1-5H3. The zero-order valence-electron chi connectivity index (χ0n) is 9.09. The van der Waals surface area contributed by atoms with Gasteiger partial charge in [-0.3, -0.25) is 4.68 Å². The van der Waals surface area contributed by atoms with E-state index in [9.17, 15) is 0 Å². The summed E-state index contributed by atoms with van der Waals surface area (Å²) in [5.74, 6) is 1.26. The Labute approximate surface area is 79.7 Å². The maximum Gasteiger partial charge on any atom is 0.235 e. The average molecular weight is 182 g/mol. The highest BCUT2D eigenvalue weighted by Crippen LogP contribution is 2.25. The Kier molecular flexibility index (Phi) is 2.96. The highest BCUT2D eigenvalue weighted by atomic mass is 16.5. The number of aryl methyl sites for hydroxylation is 1. The van der Waals surface area contributed by atoms with Crippen LogP contribution in [0, 0.1) is 6.92 Å². The van der Waals surface area contributed by atoms with Crippen LogP contribution in [0.3, 0.4) is 0 Å². The molecule has 0 radical (unpaired) electrons. The molecule has 0 aliphatic carbocycles. The minimum Gasteiger partial charge on any atom is -0.477 e. The topological polar surface area (TPSA) is 27.1 Å². The molecule has 0 atom stereocenters. The molecule has 0 aliphatic rings. The molecule has 0 aliphatic heterocycles. The predicted octanol–water partition coefficient (Wildman–Crippen LogP) is 2.25. The summed E-state index contributed by atoms with van der Waals surface area (Å²) in [5.41, 5.74) is 2.42. The van der Waals surface area contributed by atoms with Gasteiger partial charge in [0.15, 0.2) is 0 Å². The third-order valence-corrected chi connectivity index (χ3v) is 2.12. The van der Waals surface area contributed by atoms with Gasteiger partial charge in [0.1, 0.15) is 0 Å². The largest absolute Gasteiger partial charge is 0.477 e. The van der Waals surface area contributed by atoms with Gasteiger partial charge in [-0.2, -0.15) is 0 Å². The van der Waals surface area contributed by atoms with Crippen molar-refractivity contribution in [3.63, 3.8) is 0 Å². The van der Waals surface area contributed by atoms with E-state index in [1.165, 1.54) is 11.3 Å². The molecule has 0 aromatic carbocycles. The van der Waals surface area contributed by atoms with Gasteiger partial charge in [0.05, 0.1) is 6.61 Å². The van der Waals surface area contributed by atoms with E-state index in [4.69, 9.17) is 4.74 Å². The van der Waals surface area contributed by atoms with Crippen molar-refractivity contribution in [3.8, 4) is 5.88 Å². The van der Waals surface area contributed by atoms with Crippen LogP contribution in [0.5, 0.6) is 5.88 Å². The van der Waals surface area contributed by atoms with Gasteiger partial charge in [-0.1, -0.05) is 13.8 Å². The minimum atomic E-state index is 0.492. The van der Waals surface area contributed by atoms with E-state index >= 15 is 0 Å². The van der Waals surface area contributed by atoms with Gasteiger partial charge >= 0.3 is 0 Å². The summed E-state index contributed by atoms with van der Waals surface area (Å²) in [6.07, 6.45) is 0. The molecular formula is C10H18N2O. The molecule has 0 bridgehead atoms.